The molecule has 0 bridgehead atoms. The summed E-state index contributed by atoms with van der Waals surface area (Å²) in [6.45, 7) is 3.33. The summed E-state index contributed by atoms with van der Waals surface area (Å²) in [7, 11) is 0. The maximum Gasteiger partial charge on any atom is 0.273 e. The number of benzene rings is 1. The van der Waals surface area contributed by atoms with Crippen LogP contribution in [0.1, 0.15) is 10.5 Å². The van der Waals surface area contributed by atoms with E-state index in [-0.39, 0.29) is 5.91 Å². The lowest BCUT2D eigenvalue weighted by atomic mass is 10.2. The van der Waals surface area contributed by atoms with Crippen LogP contribution >= 0.6 is 0 Å². The zero-order valence-corrected chi connectivity index (χ0v) is 11.0. The molecule has 1 fully saturated rings. The summed E-state index contributed by atoms with van der Waals surface area (Å²) in [4.78, 5) is 20.7. The summed E-state index contributed by atoms with van der Waals surface area (Å²) < 4.78 is 5.33. The minimum atomic E-state index is -0.193. The fourth-order valence-electron chi connectivity index (χ4n) is 2.16. The smallest absolute Gasteiger partial charge is 0.273 e. The number of ether oxygens (including phenoxy) is 1. The van der Waals surface area contributed by atoms with E-state index in [1.807, 2.05) is 24.3 Å². The molecule has 0 aliphatic carbocycles. The Kier molecular flexibility index (Phi) is 3.64. The van der Waals surface area contributed by atoms with Crippen LogP contribution in [0.15, 0.2) is 36.8 Å². The molecule has 6 heteroatoms. The van der Waals surface area contributed by atoms with Gasteiger partial charge in [0.15, 0.2) is 0 Å². The summed E-state index contributed by atoms with van der Waals surface area (Å²) in [5.74, 6) is -0.193. The Balaban J connectivity index is 1.65. The van der Waals surface area contributed by atoms with Crippen molar-refractivity contribution in [1.82, 2.24) is 9.97 Å². The van der Waals surface area contributed by atoms with Crippen LogP contribution in [-0.4, -0.2) is 42.2 Å². The maximum atomic E-state index is 11.9. The van der Waals surface area contributed by atoms with Crippen LogP contribution in [0.2, 0.25) is 0 Å². The number of hydrogen-bond acceptors (Lipinski definition) is 4. The monoisotopic (exact) mass is 272 g/mol. The minimum absolute atomic E-state index is 0.193. The highest BCUT2D eigenvalue weighted by Crippen LogP contribution is 2.19. The topological polar surface area (TPSA) is 70.2 Å². The number of rotatable bonds is 3. The number of nitrogens with zero attached hydrogens (tertiary/aromatic N) is 2. The lowest BCUT2D eigenvalue weighted by Crippen LogP contribution is -2.36. The molecule has 2 heterocycles. The van der Waals surface area contributed by atoms with E-state index < -0.39 is 0 Å². The van der Waals surface area contributed by atoms with Gasteiger partial charge in [-0.05, 0) is 24.3 Å². The third-order valence-corrected chi connectivity index (χ3v) is 3.24. The Morgan fingerprint density at radius 1 is 1.25 bits per heavy atom. The molecule has 1 aromatic heterocycles. The van der Waals surface area contributed by atoms with E-state index in [2.05, 4.69) is 20.2 Å². The van der Waals surface area contributed by atoms with Crippen LogP contribution in [0.5, 0.6) is 0 Å². The highest BCUT2D eigenvalue weighted by molar-refractivity contribution is 6.02. The molecule has 3 rings (SSSR count). The second-order valence-electron chi connectivity index (χ2n) is 4.57. The van der Waals surface area contributed by atoms with Gasteiger partial charge in [-0.1, -0.05) is 0 Å². The van der Waals surface area contributed by atoms with Gasteiger partial charge >= 0.3 is 0 Å². The number of imidazole rings is 1. The molecular weight excluding hydrogens is 256 g/mol. The number of amides is 1. The Labute approximate surface area is 116 Å². The summed E-state index contributed by atoms with van der Waals surface area (Å²) in [5, 5.41) is 2.82. The number of H-pyrrole nitrogens is 1. The van der Waals surface area contributed by atoms with Crippen LogP contribution < -0.4 is 10.2 Å². The van der Waals surface area contributed by atoms with Gasteiger partial charge in [-0.3, -0.25) is 4.79 Å². The second kappa shape index (κ2) is 5.75. The SMILES string of the molecule is O=C(Nc1ccc(N2CCOCC2)cc1)c1cnc[nH]1. The third kappa shape index (κ3) is 2.80. The Morgan fingerprint density at radius 3 is 2.65 bits per heavy atom. The van der Waals surface area contributed by atoms with Crippen molar-refractivity contribution >= 4 is 17.3 Å². The molecule has 1 aliphatic rings. The van der Waals surface area contributed by atoms with Gasteiger partial charge in [0.1, 0.15) is 5.69 Å². The average molecular weight is 272 g/mol. The number of aromatic nitrogens is 2. The average Bonchev–Trinajstić information content (AvgIpc) is 3.03. The molecular formula is C14H16N4O2. The normalized spacial score (nSPS) is 15.1. The number of morpholine rings is 1. The van der Waals surface area contributed by atoms with E-state index in [1.54, 1.807) is 0 Å². The second-order valence-corrected chi connectivity index (χ2v) is 4.57. The van der Waals surface area contributed by atoms with Gasteiger partial charge in [0.2, 0.25) is 0 Å². The van der Waals surface area contributed by atoms with Crippen molar-refractivity contribution in [3.63, 3.8) is 0 Å². The predicted octanol–water partition coefficient (Wildman–Crippen LogP) is 1.50. The summed E-state index contributed by atoms with van der Waals surface area (Å²) in [6.07, 6.45) is 2.98. The lowest BCUT2D eigenvalue weighted by Gasteiger charge is -2.28. The van der Waals surface area contributed by atoms with Crippen LogP contribution in [0, 0.1) is 0 Å². The van der Waals surface area contributed by atoms with E-state index in [0.717, 1.165) is 37.7 Å². The van der Waals surface area contributed by atoms with Crippen molar-refractivity contribution in [1.29, 1.82) is 0 Å². The van der Waals surface area contributed by atoms with E-state index in [1.165, 1.54) is 12.5 Å². The fraction of sp³-hybridized carbons (Fsp3) is 0.286. The third-order valence-electron chi connectivity index (χ3n) is 3.24. The lowest BCUT2D eigenvalue weighted by molar-refractivity contribution is 0.102. The van der Waals surface area contributed by atoms with Crippen molar-refractivity contribution in [2.75, 3.05) is 36.5 Å². The molecule has 0 unspecified atom stereocenters. The predicted molar refractivity (Wildman–Crippen MR) is 76.0 cm³/mol. The molecule has 20 heavy (non-hydrogen) atoms. The minimum Gasteiger partial charge on any atom is -0.378 e. The van der Waals surface area contributed by atoms with Crippen LogP contribution in [-0.2, 0) is 4.74 Å². The summed E-state index contributed by atoms with van der Waals surface area (Å²) >= 11 is 0. The van der Waals surface area contributed by atoms with E-state index >= 15 is 0 Å². The Bertz CT molecular complexity index is 559. The van der Waals surface area contributed by atoms with Crippen molar-refractivity contribution < 1.29 is 9.53 Å². The molecule has 2 N–H and O–H groups in total. The number of anilines is 2. The maximum absolute atomic E-state index is 11.9. The zero-order chi connectivity index (χ0) is 13.8. The van der Waals surface area contributed by atoms with Crippen molar-refractivity contribution in [2.24, 2.45) is 0 Å². The standard InChI is InChI=1S/C14H16N4O2/c19-14(13-9-15-10-16-13)17-11-1-3-12(4-2-11)18-5-7-20-8-6-18/h1-4,9-10H,5-8H2,(H,15,16)(H,17,19). The van der Waals surface area contributed by atoms with Crippen molar-refractivity contribution in [3.8, 4) is 0 Å². The number of nitrogens with one attached hydrogen (secondary N) is 2. The van der Waals surface area contributed by atoms with Crippen LogP contribution in [0.25, 0.3) is 0 Å². The number of aromatic amines is 1. The fourth-order valence-corrected chi connectivity index (χ4v) is 2.16. The Morgan fingerprint density at radius 2 is 2.00 bits per heavy atom. The first kappa shape index (κ1) is 12.7. The molecule has 1 saturated heterocycles. The molecule has 0 radical (unpaired) electrons. The van der Waals surface area contributed by atoms with Gasteiger partial charge in [0, 0.05) is 24.5 Å². The van der Waals surface area contributed by atoms with Gasteiger partial charge in [0.05, 0.1) is 25.7 Å². The molecule has 0 spiro atoms. The molecule has 6 nitrogen and oxygen atoms in total. The van der Waals surface area contributed by atoms with Crippen LogP contribution in [0.4, 0.5) is 11.4 Å². The number of carbonyl (C=O) groups is 1. The molecule has 0 atom stereocenters. The quantitative estimate of drug-likeness (QED) is 0.888. The van der Waals surface area contributed by atoms with E-state index in [0.29, 0.717) is 5.69 Å². The molecule has 104 valence electrons. The van der Waals surface area contributed by atoms with Gasteiger partial charge in [-0.15, -0.1) is 0 Å². The molecule has 2 aromatic rings. The molecule has 0 saturated carbocycles. The van der Waals surface area contributed by atoms with Gasteiger partial charge in [-0.2, -0.15) is 0 Å². The highest BCUT2D eigenvalue weighted by atomic mass is 16.5. The summed E-state index contributed by atoms with van der Waals surface area (Å²) in [6, 6.07) is 7.82. The number of carbonyl (C=O) groups excluding carboxylic acids is 1. The molecule has 1 aliphatic heterocycles. The van der Waals surface area contributed by atoms with Gasteiger partial charge in [0.25, 0.3) is 5.91 Å². The van der Waals surface area contributed by atoms with E-state index in [4.69, 9.17) is 4.74 Å². The van der Waals surface area contributed by atoms with Gasteiger partial charge < -0.3 is 19.9 Å². The highest BCUT2D eigenvalue weighted by Gasteiger charge is 2.11. The number of hydrogen-bond donors (Lipinski definition) is 2. The first-order chi connectivity index (χ1) is 9.83. The van der Waals surface area contributed by atoms with Gasteiger partial charge in [-0.25, -0.2) is 4.98 Å². The first-order valence-corrected chi connectivity index (χ1v) is 6.55. The zero-order valence-electron chi connectivity index (χ0n) is 11.0. The summed E-state index contributed by atoms with van der Waals surface area (Å²) in [5.41, 5.74) is 2.36. The van der Waals surface area contributed by atoms with E-state index in [9.17, 15) is 4.79 Å². The largest absolute Gasteiger partial charge is 0.378 e. The molecule has 1 aromatic carbocycles. The molecule has 1 amide bonds. The first-order valence-electron chi connectivity index (χ1n) is 6.55. The van der Waals surface area contributed by atoms with Crippen molar-refractivity contribution in [3.05, 3.63) is 42.5 Å². The Hall–Kier alpha value is -2.34. The van der Waals surface area contributed by atoms with Crippen molar-refractivity contribution in [2.45, 2.75) is 0 Å². The van der Waals surface area contributed by atoms with Crippen LogP contribution in [0.3, 0.4) is 0 Å².